The standard InChI is InChI=1S/C13H17N3O2S/c17-19(18,16-8-4-1-5-9-16)10-13-14-11-6-2-3-7-12(11)15-13/h2-3,6-7H,1,4-5,8-10H2,(H,14,15). The third-order valence-corrected chi connectivity index (χ3v) is 5.26. The summed E-state index contributed by atoms with van der Waals surface area (Å²) in [6, 6.07) is 7.58. The van der Waals surface area contributed by atoms with Crippen molar-refractivity contribution >= 4 is 21.1 Å². The number of piperidine rings is 1. The normalized spacial score (nSPS) is 17.9. The molecule has 19 heavy (non-hydrogen) atoms. The highest BCUT2D eigenvalue weighted by Gasteiger charge is 2.25. The Morgan fingerprint density at radius 3 is 2.63 bits per heavy atom. The van der Waals surface area contributed by atoms with E-state index in [4.69, 9.17) is 0 Å². The Bertz CT molecular complexity index is 639. The molecule has 5 nitrogen and oxygen atoms in total. The van der Waals surface area contributed by atoms with Gasteiger partial charge in [0.25, 0.3) is 0 Å². The van der Waals surface area contributed by atoms with E-state index in [0.717, 1.165) is 30.3 Å². The van der Waals surface area contributed by atoms with Crippen LogP contribution in [0.3, 0.4) is 0 Å². The van der Waals surface area contributed by atoms with Gasteiger partial charge in [-0.1, -0.05) is 18.6 Å². The maximum absolute atomic E-state index is 12.3. The van der Waals surface area contributed by atoms with Crippen molar-refractivity contribution in [3.8, 4) is 0 Å². The maximum atomic E-state index is 12.3. The number of aromatic nitrogens is 2. The van der Waals surface area contributed by atoms with Gasteiger partial charge in [-0.3, -0.25) is 0 Å². The fourth-order valence-corrected chi connectivity index (χ4v) is 3.96. The Hall–Kier alpha value is -1.40. The van der Waals surface area contributed by atoms with E-state index in [-0.39, 0.29) is 5.75 Å². The van der Waals surface area contributed by atoms with Gasteiger partial charge >= 0.3 is 0 Å². The molecular formula is C13H17N3O2S. The largest absolute Gasteiger partial charge is 0.341 e. The molecule has 1 aliphatic heterocycles. The second-order valence-electron chi connectivity index (χ2n) is 4.92. The number of hydrogen-bond acceptors (Lipinski definition) is 3. The number of para-hydroxylation sites is 2. The van der Waals surface area contributed by atoms with E-state index in [1.165, 1.54) is 0 Å². The van der Waals surface area contributed by atoms with Gasteiger partial charge < -0.3 is 4.98 Å². The van der Waals surface area contributed by atoms with Crippen LogP contribution in [0.2, 0.25) is 0 Å². The van der Waals surface area contributed by atoms with Crippen LogP contribution in [0.5, 0.6) is 0 Å². The van der Waals surface area contributed by atoms with Gasteiger partial charge in [-0.2, -0.15) is 0 Å². The van der Waals surface area contributed by atoms with Crippen LogP contribution in [0.15, 0.2) is 24.3 Å². The lowest BCUT2D eigenvalue weighted by atomic mass is 10.2. The number of imidazole rings is 1. The minimum Gasteiger partial charge on any atom is -0.341 e. The molecule has 0 atom stereocenters. The van der Waals surface area contributed by atoms with Crippen molar-refractivity contribution in [2.75, 3.05) is 13.1 Å². The lowest BCUT2D eigenvalue weighted by molar-refractivity contribution is 0.346. The minimum atomic E-state index is -3.24. The zero-order valence-electron chi connectivity index (χ0n) is 10.7. The molecule has 6 heteroatoms. The maximum Gasteiger partial charge on any atom is 0.221 e. The lowest BCUT2D eigenvalue weighted by Gasteiger charge is -2.25. The minimum absolute atomic E-state index is 0.0400. The summed E-state index contributed by atoms with van der Waals surface area (Å²) < 4.78 is 26.2. The Labute approximate surface area is 112 Å². The SMILES string of the molecule is O=S(=O)(Cc1nc2ccccc2[nH]1)N1CCCCC1. The lowest BCUT2D eigenvalue weighted by Crippen LogP contribution is -2.36. The Balaban J connectivity index is 1.83. The molecule has 2 aromatic rings. The molecule has 1 fully saturated rings. The van der Waals surface area contributed by atoms with Crippen molar-refractivity contribution in [1.29, 1.82) is 0 Å². The highest BCUT2D eigenvalue weighted by molar-refractivity contribution is 7.88. The van der Waals surface area contributed by atoms with Crippen LogP contribution >= 0.6 is 0 Å². The van der Waals surface area contributed by atoms with Crippen molar-refractivity contribution in [3.05, 3.63) is 30.1 Å². The molecule has 2 heterocycles. The molecule has 0 bridgehead atoms. The first-order chi connectivity index (χ1) is 9.15. The Morgan fingerprint density at radius 1 is 1.16 bits per heavy atom. The third-order valence-electron chi connectivity index (χ3n) is 3.47. The number of rotatable bonds is 3. The molecule has 3 rings (SSSR count). The number of nitrogens with zero attached hydrogens (tertiary/aromatic N) is 2. The molecule has 0 aliphatic carbocycles. The van der Waals surface area contributed by atoms with Gasteiger partial charge in [0.1, 0.15) is 11.6 Å². The van der Waals surface area contributed by atoms with Crippen LogP contribution in [0.4, 0.5) is 0 Å². The predicted octanol–water partition coefficient (Wildman–Crippen LogP) is 1.88. The van der Waals surface area contributed by atoms with Gasteiger partial charge in [-0.15, -0.1) is 0 Å². The molecule has 0 saturated carbocycles. The van der Waals surface area contributed by atoms with Crippen LogP contribution < -0.4 is 0 Å². The van der Waals surface area contributed by atoms with Crippen molar-refractivity contribution in [2.24, 2.45) is 0 Å². The van der Waals surface area contributed by atoms with E-state index >= 15 is 0 Å². The molecule has 1 aromatic carbocycles. The molecule has 0 radical (unpaired) electrons. The highest BCUT2D eigenvalue weighted by Crippen LogP contribution is 2.17. The van der Waals surface area contributed by atoms with Crippen molar-refractivity contribution in [3.63, 3.8) is 0 Å². The second-order valence-corrected chi connectivity index (χ2v) is 6.89. The summed E-state index contributed by atoms with van der Waals surface area (Å²) in [7, 11) is -3.24. The summed E-state index contributed by atoms with van der Waals surface area (Å²) in [4.78, 5) is 7.41. The Kier molecular flexibility index (Phi) is 3.28. The average molecular weight is 279 g/mol. The van der Waals surface area contributed by atoms with Gasteiger partial charge in [-0.05, 0) is 25.0 Å². The predicted molar refractivity (Wildman–Crippen MR) is 74.1 cm³/mol. The summed E-state index contributed by atoms with van der Waals surface area (Å²) in [5.74, 6) is 0.480. The first kappa shape index (κ1) is 12.6. The Morgan fingerprint density at radius 2 is 1.89 bits per heavy atom. The van der Waals surface area contributed by atoms with Crippen LogP contribution in [-0.2, 0) is 15.8 Å². The fourth-order valence-electron chi connectivity index (χ4n) is 2.48. The van der Waals surface area contributed by atoms with Crippen LogP contribution in [0.1, 0.15) is 25.1 Å². The number of nitrogens with one attached hydrogen (secondary N) is 1. The highest BCUT2D eigenvalue weighted by atomic mass is 32.2. The number of hydrogen-bond donors (Lipinski definition) is 1. The van der Waals surface area contributed by atoms with E-state index in [9.17, 15) is 8.42 Å². The number of sulfonamides is 1. The quantitative estimate of drug-likeness (QED) is 0.933. The van der Waals surface area contributed by atoms with Gasteiger partial charge in [-0.25, -0.2) is 17.7 Å². The molecule has 0 amide bonds. The zero-order valence-corrected chi connectivity index (χ0v) is 11.5. The number of benzene rings is 1. The summed E-state index contributed by atoms with van der Waals surface area (Å²) in [6.07, 6.45) is 3.04. The molecule has 1 aliphatic rings. The molecule has 1 aromatic heterocycles. The monoisotopic (exact) mass is 279 g/mol. The topological polar surface area (TPSA) is 66.1 Å². The smallest absolute Gasteiger partial charge is 0.221 e. The fraction of sp³-hybridized carbons (Fsp3) is 0.462. The van der Waals surface area contributed by atoms with E-state index in [2.05, 4.69) is 9.97 Å². The number of aromatic amines is 1. The van der Waals surface area contributed by atoms with Crippen molar-refractivity contribution < 1.29 is 8.42 Å². The van der Waals surface area contributed by atoms with E-state index < -0.39 is 10.0 Å². The van der Waals surface area contributed by atoms with Gasteiger partial charge in [0.15, 0.2) is 0 Å². The van der Waals surface area contributed by atoms with Gasteiger partial charge in [0, 0.05) is 13.1 Å². The van der Waals surface area contributed by atoms with Crippen LogP contribution in [-0.4, -0.2) is 35.8 Å². The van der Waals surface area contributed by atoms with E-state index in [0.29, 0.717) is 18.9 Å². The van der Waals surface area contributed by atoms with E-state index in [1.807, 2.05) is 24.3 Å². The first-order valence-corrected chi connectivity index (χ1v) is 8.17. The third kappa shape index (κ3) is 2.64. The van der Waals surface area contributed by atoms with Gasteiger partial charge in [0.2, 0.25) is 10.0 Å². The first-order valence-electron chi connectivity index (χ1n) is 6.57. The van der Waals surface area contributed by atoms with Crippen molar-refractivity contribution in [1.82, 2.24) is 14.3 Å². The summed E-state index contributed by atoms with van der Waals surface area (Å²) in [5.41, 5.74) is 1.69. The van der Waals surface area contributed by atoms with Crippen LogP contribution in [0.25, 0.3) is 11.0 Å². The van der Waals surface area contributed by atoms with Crippen molar-refractivity contribution in [2.45, 2.75) is 25.0 Å². The number of fused-ring (bicyclic) bond motifs is 1. The van der Waals surface area contributed by atoms with E-state index in [1.54, 1.807) is 4.31 Å². The summed E-state index contributed by atoms with van der Waals surface area (Å²) in [5, 5.41) is 0. The molecule has 1 N–H and O–H groups in total. The summed E-state index contributed by atoms with van der Waals surface area (Å²) >= 11 is 0. The molecular weight excluding hydrogens is 262 g/mol. The van der Waals surface area contributed by atoms with Crippen LogP contribution in [0, 0.1) is 0 Å². The summed E-state index contributed by atoms with van der Waals surface area (Å²) in [6.45, 7) is 1.28. The molecule has 0 unspecified atom stereocenters. The molecule has 1 saturated heterocycles. The number of H-pyrrole nitrogens is 1. The average Bonchev–Trinajstić information content (AvgIpc) is 2.81. The molecule has 0 spiro atoms. The second kappa shape index (κ2) is 4.94. The molecule has 102 valence electrons. The van der Waals surface area contributed by atoms with Gasteiger partial charge in [0.05, 0.1) is 11.0 Å². The zero-order chi connectivity index (χ0) is 13.3.